The number of nitrogens with two attached hydrogens (primary N) is 1. The molecule has 5 nitrogen and oxygen atoms in total. The molecule has 0 aliphatic heterocycles. The maximum absolute atomic E-state index is 9.85. The number of anilines is 1. The second kappa shape index (κ2) is 10.1. The van der Waals surface area contributed by atoms with E-state index in [1.54, 1.807) is 18.2 Å². The van der Waals surface area contributed by atoms with Gasteiger partial charge in [0.05, 0.1) is 5.52 Å². The van der Waals surface area contributed by atoms with Gasteiger partial charge in [-0.3, -0.25) is 0 Å². The Hall–Kier alpha value is -2.63. The zero-order valence-electron chi connectivity index (χ0n) is 15.7. The number of hydrogen-bond acceptors (Lipinski definition) is 5. The van der Waals surface area contributed by atoms with Crippen LogP contribution in [-0.2, 0) is 0 Å². The SMILES string of the molecule is NCCCCCCNc1nc(/C=C/c2ccc(Cl)cc2)nc2ccc(O)cc12. The second-order valence-electron chi connectivity index (χ2n) is 6.65. The van der Waals surface area contributed by atoms with Crippen LogP contribution in [0.5, 0.6) is 5.75 Å². The average molecular weight is 397 g/mol. The topological polar surface area (TPSA) is 84.1 Å². The normalized spacial score (nSPS) is 11.4. The predicted molar refractivity (Wildman–Crippen MR) is 118 cm³/mol. The van der Waals surface area contributed by atoms with E-state index in [2.05, 4.69) is 15.3 Å². The number of aromatic hydroxyl groups is 1. The van der Waals surface area contributed by atoms with Crippen molar-refractivity contribution in [3.8, 4) is 5.75 Å². The summed E-state index contributed by atoms with van der Waals surface area (Å²) >= 11 is 5.93. The van der Waals surface area contributed by atoms with Crippen molar-refractivity contribution in [1.29, 1.82) is 0 Å². The molecule has 0 aliphatic carbocycles. The molecule has 0 radical (unpaired) electrons. The zero-order chi connectivity index (χ0) is 19.8. The van der Waals surface area contributed by atoms with E-state index in [-0.39, 0.29) is 5.75 Å². The van der Waals surface area contributed by atoms with Crippen LogP contribution in [0.4, 0.5) is 5.82 Å². The summed E-state index contributed by atoms with van der Waals surface area (Å²) in [7, 11) is 0. The van der Waals surface area contributed by atoms with E-state index in [9.17, 15) is 5.11 Å². The molecule has 0 saturated heterocycles. The minimum Gasteiger partial charge on any atom is -0.508 e. The molecule has 1 heterocycles. The van der Waals surface area contributed by atoms with Gasteiger partial charge in [0.2, 0.25) is 0 Å². The molecule has 0 atom stereocenters. The van der Waals surface area contributed by atoms with Crippen LogP contribution < -0.4 is 11.1 Å². The quantitative estimate of drug-likeness (QED) is 0.439. The number of rotatable bonds is 9. The van der Waals surface area contributed by atoms with Gasteiger partial charge in [0, 0.05) is 17.0 Å². The van der Waals surface area contributed by atoms with E-state index in [0.717, 1.165) is 61.1 Å². The Morgan fingerprint density at radius 1 is 0.964 bits per heavy atom. The van der Waals surface area contributed by atoms with Gasteiger partial charge in [0.15, 0.2) is 5.82 Å². The Balaban J connectivity index is 1.79. The average Bonchev–Trinajstić information content (AvgIpc) is 2.70. The smallest absolute Gasteiger partial charge is 0.154 e. The van der Waals surface area contributed by atoms with Crippen LogP contribution in [0.2, 0.25) is 5.02 Å². The molecule has 0 spiro atoms. The molecular weight excluding hydrogens is 372 g/mol. The van der Waals surface area contributed by atoms with Gasteiger partial charge in [-0.15, -0.1) is 0 Å². The minimum absolute atomic E-state index is 0.201. The van der Waals surface area contributed by atoms with Crippen molar-refractivity contribution in [3.63, 3.8) is 0 Å². The number of nitrogens with zero attached hydrogens (tertiary/aromatic N) is 2. The molecule has 4 N–H and O–H groups in total. The lowest BCUT2D eigenvalue weighted by Gasteiger charge is -2.10. The predicted octanol–water partition coefficient (Wildman–Crippen LogP) is 5.09. The Labute approximate surface area is 170 Å². The minimum atomic E-state index is 0.201. The molecule has 3 rings (SSSR count). The van der Waals surface area contributed by atoms with Gasteiger partial charge in [-0.1, -0.05) is 42.7 Å². The van der Waals surface area contributed by atoms with Gasteiger partial charge in [0.1, 0.15) is 11.6 Å². The van der Waals surface area contributed by atoms with Crippen molar-refractivity contribution in [2.75, 3.05) is 18.4 Å². The number of benzene rings is 2. The van der Waals surface area contributed by atoms with Gasteiger partial charge in [-0.05, 0) is 61.4 Å². The van der Waals surface area contributed by atoms with Crippen LogP contribution in [0.15, 0.2) is 42.5 Å². The molecule has 2 aromatic carbocycles. The third kappa shape index (κ3) is 5.68. The first-order valence-electron chi connectivity index (χ1n) is 9.54. The second-order valence-corrected chi connectivity index (χ2v) is 7.08. The largest absolute Gasteiger partial charge is 0.508 e. The maximum atomic E-state index is 9.85. The Kier molecular flexibility index (Phi) is 7.23. The molecule has 0 fully saturated rings. The van der Waals surface area contributed by atoms with E-state index >= 15 is 0 Å². The molecule has 6 heteroatoms. The molecule has 1 aromatic heterocycles. The van der Waals surface area contributed by atoms with Crippen molar-refractivity contribution in [2.45, 2.75) is 25.7 Å². The van der Waals surface area contributed by atoms with Crippen molar-refractivity contribution in [1.82, 2.24) is 9.97 Å². The fraction of sp³-hybridized carbons (Fsp3) is 0.273. The number of fused-ring (bicyclic) bond motifs is 1. The molecule has 146 valence electrons. The monoisotopic (exact) mass is 396 g/mol. The van der Waals surface area contributed by atoms with Crippen molar-refractivity contribution in [2.24, 2.45) is 5.73 Å². The van der Waals surface area contributed by atoms with E-state index in [4.69, 9.17) is 17.3 Å². The van der Waals surface area contributed by atoms with Crippen LogP contribution >= 0.6 is 11.6 Å². The Morgan fingerprint density at radius 2 is 1.75 bits per heavy atom. The van der Waals surface area contributed by atoms with E-state index < -0.39 is 0 Å². The molecule has 0 aliphatic rings. The number of nitrogens with one attached hydrogen (secondary N) is 1. The zero-order valence-corrected chi connectivity index (χ0v) is 16.5. The number of phenolic OH excluding ortho intramolecular Hbond substituents is 1. The Bertz CT molecular complexity index is 941. The van der Waals surface area contributed by atoms with Gasteiger partial charge in [-0.25, -0.2) is 9.97 Å². The first kappa shape index (κ1) is 20.1. The standard InChI is InChI=1S/C22H25ClN4O/c23-17-8-5-16(6-9-17)7-12-21-26-20-11-10-18(28)15-19(20)22(27-21)25-14-4-2-1-3-13-24/h5-12,15,28H,1-4,13-14,24H2,(H,25,26,27)/b12-7+. The van der Waals surface area contributed by atoms with Gasteiger partial charge in [-0.2, -0.15) is 0 Å². The van der Waals surface area contributed by atoms with Crippen LogP contribution in [0.3, 0.4) is 0 Å². The molecular formula is C22H25ClN4O. The summed E-state index contributed by atoms with van der Waals surface area (Å²) in [5.74, 6) is 1.54. The summed E-state index contributed by atoms with van der Waals surface area (Å²) in [6.07, 6.45) is 8.20. The van der Waals surface area contributed by atoms with Crippen LogP contribution in [-0.4, -0.2) is 28.2 Å². The summed E-state index contributed by atoms with van der Waals surface area (Å²) < 4.78 is 0. The van der Waals surface area contributed by atoms with Crippen LogP contribution in [0, 0.1) is 0 Å². The summed E-state index contributed by atoms with van der Waals surface area (Å²) in [5, 5.41) is 14.8. The van der Waals surface area contributed by atoms with Crippen LogP contribution in [0.25, 0.3) is 23.1 Å². The van der Waals surface area contributed by atoms with Crippen molar-refractivity contribution in [3.05, 3.63) is 58.9 Å². The van der Waals surface area contributed by atoms with E-state index in [1.807, 2.05) is 36.4 Å². The number of aromatic nitrogens is 2. The van der Waals surface area contributed by atoms with E-state index in [1.165, 1.54) is 0 Å². The third-order valence-corrected chi connectivity index (χ3v) is 4.67. The molecule has 0 bridgehead atoms. The molecule has 3 aromatic rings. The fourth-order valence-electron chi connectivity index (χ4n) is 2.92. The lowest BCUT2D eigenvalue weighted by atomic mass is 10.2. The Morgan fingerprint density at radius 3 is 2.54 bits per heavy atom. The number of hydrogen-bond donors (Lipinski definition) is 3. The van der Waals surface area contributed by atoms with E-state index in [0.29, 0.717) is 10.8 Å². The number of phenols is 1. The molecule has 0 saturated carbocycles. The summed E-state index contributed by atoms with van der Waals surface area (Å²) in [6.45, 7) is 1.55. The van der Waals surface area contributed by atoms with Gasteiger partial charge >= 0.3 is 0 Å². The number of unbranched alkanes of at least 4 members (excludes halogenated alkanes) is 3. The highest BCUT2D eigenvalue weighted by atomic mass is 35.5. The summed E-state index contributed by atoms with van der Waals surface area (Å²) in [6, 6.07) is 12.7. The van der Waals surface area contributed by atoms with Gasteiger partial charge in [0.25, 0.3) is 0 Å². The van der Waals surface area contributed by atoms with Gasteiger partial charge < -0.3 is 16.2 Å². The molecule has 0 unspecified atom stereocenters. The maximum Gasteiger partial charge on any atom is 0.154 e. The first-order chi connectivity index (χ1) is 13.7. The summed E-state index contributed by atoms with van der Waals surface area (Å²) in [5.41, 5.74) is 7.34. The fourth-order valence-corrected chi connectivity index (χ4v) is 3.04. The van der Waals surface area contributed by atoms with Crippen LogP contribution in [0.1, 0.15) is 37.1 Å². The lowest BCUT2D eigenvalue weighted by molar-refractivity contribution is 0.476. The van der Waals surface area contributed by atoms with Crippen molar-refractivity contribution < 1.29 is 5.11 Å². The number of halogens is 1. The lowest BCUT2D eigenvalue weighted by Crippen LogP contribution is -2.06. The highest BCUT2D eigenvalue weighted by Gasteiger charge is 2.07. The summed E-state index contributed by atoms with van der Waals surface area (Å²) in [4.78, 5) is 9.23. The molecule has 28 heavy (non-hydrogen) atoms. The third-order valence-electron chi connectivity index (χ3n) is 4.41. The highest BCUT2D eigenvalue weighted by Crippen LogP contribution is 2.25. The highest BCUT2D eigenvalue weighted by molar-refractivity contribution is 6.30. The van der Waals surface area contributed by atoms with Crippen molar-refractivity contribution >= 4 is 40.5 Å². The molecule has 0 amide bonds. The first-order valence-corrected chi connectivity index (χ1v) is 9.92.